The third-order valence-corrected chi connectivity index (χ3v) is 3.83. The van der Waals surface area contributed by atoms with Crippen LogP contribution in [0.4, 0.5) is 0 Å². The van der Waals surface area contributed by atoms with Crippen molar-refractivity contribution in [3.63, 3.8) is 0 Å². The molecular weight excluding hydrogens is 280 g/mol. The lowest BCUT2D eigenvalue weighted by Gasteiger charge is -2.18. The fourth-order valence-corrected chi connectivity index (χ4v) is 2.75. The molecule has 0 unspecified atom stereocenters. The molecule has 1 aliphatic rings. The lowest BCUT2D eigenvalue weighted by Crippen LogP contribution is -2.41. The first-order valence-electron chi connectivity index (χ1n) is 5.96. The zero-order valence-electron chi connectivity index (χ0n) is 9.87. The van der Waals surface area contributed by atoms with Crippen molar-refractivity contribution in [2.24, 2.45) is 0 Å². The third-order valence-electron chi connectivity index (χ3n) is 3.11. The molecule has 0 aromatic heterocycles. The van der Waals surface area contributed by atoms with Crippen LogP contribution in [0.1, 0.15) is 31.4 Å². The van der Waals surface area contributed by atoms with Gasteiger partial charge in [0.1, 0.15) is 0 Å². The topological polar surface area (TPSA) is 41.1 Å². The number of rotatable bonds is 3. The smallest absolute Gasteiger partial charge is 0.237 e. The fourth-order valence-electron chi connectivity index (χ4n) is 2.13. The maximum Gasteiger partial charge on any atom is 0.237 e. The zero-order valence-corrected chi connectivity index (χ0v) is 11.5. The SMILES string of the molecule is C[C@@H](NC(=O)[C@H]1CCCN1)c1ccccc1Br. The lowest BCUT2D eigenvalue weighted by molar-refractivity contribution is -0.123. The van der Waals surface area contributed by atoms with Gasteiger partial charge in [0.25, 0.3) is 0 Å². The van der Waals surface area contributed by atoms with Crippen LogP contribution in [0, 0.1) is 0 Å². The Kier molecular flexibility index (Phi) is 4.18. The van der Waals surface area contributed by atoms with Crippen molar-refractivity contribution in [1.82, 2.24) is 10.6 Å². The molecule has 1 fully saturated rings. The number of carbonyl (C=O) groups is 1. The summed E-state index contributed by atoms with van der Waals surface area (Å²) in [4.78, 5) is 12.0. The molecule has 1 heterocycles. The van der Waals surface area contributed by atoms with Gasteiger partial charge < -0.3 is 10.6 Å². The van der Waals surface area contributed by atoms with Crippen LogP contribution < -0.4 is 10.6 Å². The second-order valence-corrected chi connectivity index (χ2v) is 5.26. The summed E-state index contributed by atoms with van der Waals surface area (Å²) >= 11 is 3.50. The van der Waals surface area contributed by atoms with Gasteiger partial charge in [-0.15, -0.1) is 0 Å². The van der Waals surface area contributed by atoms with Gasteiger partial charge in [-0.1, -0.05) is 34.1 Å². The minimum Gasteiger partial charge on any atom is -0.348 e. The number of benzene rings is 1. The molecule has 4 heteroatoms. The van der Waals surface area contributed by atoms with Gasteiger partial charge in [0.05, 0.1) is 12.1 Å². The molecule has 2 rings (SSSR count). The van der Waals surface area contributed by atoms with E-state index in [2.05, 4.69) is 26.6 Å². The Hall–Kier alpha value is -0.870. The molecule has 2 N–H and O–H groups in total. The van der Waals surface area contributed by atoms with Crippen molar-refractivity contribution in [2.75, 3.05) is 6.54 Å². The third kappa shape index (κ3) is 3.07. The molecule has 0 saturated carbocycles. The Morgan fingerprint density at radius 1 is 1.53 bits per heavy atom. The molecule has 0 bridgehead atoms. The van der Waals surface area contributed by atoms with Crippen molar-refractivity contribution in [3.05, 3.63) is 34.3 Å². The Bertz CT molecular complexity index is 402. The quantitative estimate of drug-likeness (QED) is 0.899. The molecule has 92 valence electrons. The maximum absolute atomic E-state index is 12.0. The van der Waals surface area contributed by atoms with Crippen LogP contribution in [-0.4, -0.2) is 18.5 Å². The molecule has 3 nitrogen and oxygen atoms in total. The summed E-state index contributed by atoms with van der Waals surface area (Å²) in [5, 5.41) is 6.25. The standard InChI is InChI=1S/C13H17BrN2O/c1-9(10-5-2-3-6-11(10)14)16-13(17)12-7-4-8-15-12/h2-3,5-6,9,12,15H,4,7-8H2,1H3,(H,16,17)/t9-,12-/m1/s1. The van der Waals surface area contributed by atoms with E-state index < -0.39 is 0 Å². The van der Waals surface area contributed by atoms with Crippen LogP contribution in [0.15, 0.2) is 28.7 Å². The zero-order chi connectivity index (χ0) is 12.3. The van der Waals surface area contributed by atoms with Gasteiger partial charge in [0.2, 0.25) is 5.91 Å². The van der Waals surface area contributed by atoms with Gasteiger partial charge in [0, 0.05) is 4.47 Å². The summed E-state index contributed by atoms with van der Waals surface area (Å²) in [6.45, 7) is 2.95. The molecular formula is C13H17BrN2O. The highest BCUT2D eigenvalue weighted by Gasteiger charge is 2.23. The average molecular weight is 297 g/mol. The average Bonchev–Trinajstić information content (AvgIpc) is 2.82. The molecule has 17 heavy (non-hydrogen) atoms. The highest BCUT2D eigenvalue weighted by molar-refractivity contribution is 9.10. The normalized spacial score (nSPS) is 21.2. The molecule has 0 spiro atoms. The highest BCUT2D eigenvalue weighted by atomic mass is 79.9. The summed E-state index contributed by atoms with van der Waals surface area (Å²) in [6.07, 6.45) is 2.02. The molecule has 1 saturated heterocycles. The molecule has 1 amide bonds. The van der Waals surface area contributed by atoms with E-state index in [0.717, 1.165) is 29.4 Å². The molecule has 1 aromatic rings. The second kappa shape index (κ2) is 5.65. The van der Waals surface area contributed by atoms with E-state index in [1.807, 2.05) is 31.2 Å². The summed E-state index contributed by atoms with van der Waals surface area (Å²) in [5.41, 5.74) is 1.11. The van der Waals surface area contributed by atoms with Crippen molar-refractivity contribution < 1.29 is 4.79 Å². The van der Waals surface area contributed by atoms with E-state index in [1.54, 1.807) is 0 Å². The Morgan fingerprint density at radius 3 is 2.94 bits per heavy atom. The van der Waals surface area contributed by atoms with Crippen molar-refractivity contribution in [3.8, 4) is 0 Å². The predicted molar refractivity (Wildman–Crippen MR) is 71.7 cm³/mol. The van der Waals surface area contributed by atoms with Crippen LogP contribution in [0.2, 0.25) is 0 Å². The van der Waals surface area contributed by atoms with Crippen LogP contribution in [-0.2, 0) is 4.79 Å². The molecule has 0 radical (unpaired) electrons. The Morgan fingerprint density at radius 2 is 2.29 bits per heavy atom. The number of amides is 1. The molecule has 1 aromatic carbocycles. The summed E-state index contributed by atoms with van der Waals surface area (Å²) < 4.78 is 1.03. The fraction of sp³-hybridized carbons (Fsp3) is 0.462. The number of halogens is 1. The van der Waals surface area contributed by atoms with Crippen molar-refractivity contribution >= 4 is 21.8 Å². The van der Waals surface area contributed by atoms with E-state index >= 15 is 0 Å². The Balaban J connectivity index is 1.99. The van der Waals surface area contributed by atoms with Gasteiger partial charge in [-0.2, -0.15) is 0 Å². The minimum atomic E-state index is -0.0139. The highest BCUT2D eigenvalue weighted by Crippen LogP contribution is 2.22. The van der Waals surface area contributed by atoms with Gasteiger partial charge in [-0.05, 0) is 37.9 Å². The minimum absolute atomic E-state index is 0.0139. The van der Waals surface area contributed by atoms with Crippen LogP contribution >= 0.6 is 15.9 Å². The van der Waals surface area contributed by atoms with E-state index in [1.165, 1.54) is 0 Å². The lowest BCUT2D eigenvalue weighted by atomic mass is 10.1. The summed E-state index contributed by atoms with van der Waals surface area (Å²) in [5.74, 6) is 0.103. The van der Waals surface area contributed by atoms with Crippen molar-refractivity contribution in [1.29, 1.82) is 0 Å². The van der Waals surface area contributed by atoms with Gasteiger partial charge >= 0.3 is 0 Å². The number of hydrogen-bond acceptors (Lipinski definition) is 2. The molecule has 1 aliphatic heterocycles. The van der Waals surface area contributed by atoms with Crippen LogP contribution in [0.25, 0.3) is 0 Å². The summed E-state index contributed by atoms with van der Waals surface area (Å²) in [6, 6.07) is 7.99. The first-order valence-corrected chi connectivity index (χ1v) is 6.76. The van der Waals surface area contributed by atoms with E-state index in [0.29, 0.717) is 0 Å². The van der Waals surface area contributed by atoms with E-state index in [4.69, 9.17) is 0 Å². The van der Waals surface area contributed by atoms with E-state index in [9.17, 15) is 4.79 Å². The van der Waals surface area contributed by atoms with Gasteiger partial charge in [0.15, 0.2) is 0 Å². The number of carbonyl (C=O) groups excluding carboxylic acids is 1. The van der Waals surface area contributed by atoms with Gasteiger partial charge in [-0.25, -0.2) is 0 Å². The number of hydrogen-bond donors (Lipinski definition) is 2. The summed E-state index contributed by atoms with van der Waals surface area (Å²) in [7, 11) is 0. The predicted octanol–water partition coefficient (Wildman–Crippen LogP) is 2.38. The van der Waals surface area contributed by atoms with Gasteiger partial charge in [-0.3, -0.25) is 4.79 Å². The van der Waals surface area contributed by atoms with Crippen LogP contribution in [0.5, 0.6) is 0 Å². The monoisotopic (exact) mass is 296 g/mol. The van der Waals surface area contributed by atoms with Crippen molar-refractivity contribution in [2.45, 2.75) is 31.8 Å². The number of nitrogens with one attached hydrogen (secondary N) is 2. The van der Waals surface area contributed by atoms with E-state index in [-0.39, 0.29) is 18.0 Å². The Labute approximate surface area is 110 Å². The first-order chi connectivity index (χ1) is 8.18. The largest absolute Gasteiger partial charge is 0.348 e. The molecule has 0 aliphatic carbocycles. The van der Waals surface area contributed by atoms with Crippen LogP contribution in [0.3, 0.4) is 0 Å². The second-order valence-electron chi connectivity index (χ2n) is 4.40. The molecule has 2 atom stereocenters. The maximum atomic E-state index is 12.0. The first kappa shape index (κ1) is 12.6.